The average Bonchev–Trinajstić information content (AvgIpc) is 2.90. The maximum atomic E-state index is 14.4. The summed E-state index contributed by atoms with van der Waals surface area (Å²) in [6.07, 6.45) is 3.96. The molecule has 0 radical (unpaired) electrons. The lowest BCUT2D eigenvalue weighted by molar-refractivity contribution is -0.119. The lowest BCUT2D eigenvalue weighted by Crippen LogP contribution is -2.29. The molecule has 2 N–H and O–H groups in total. The number of anilines is 2. The van der Waals surface area contributed by atoms with Crippen LogP contribution in [0.5, 0.6) is 17.2 Å². The number of hydrogen-bond acceptors (Lipinski definition) is 5. The molecule has 8 heteroatoms. The first-order chi connectivity index (χ1) is 18.4. The quantitative estimate of drug-likeness (QED) is 0.244. The predicted molar refractivity (Wildman–Crippen MR) is 148 cm³/mol. The second kappa shape index (κ2) is 14.6. The summed E-state index contributed by atoms with van der Waals surface area (Å²) in [5.74, 6) is 0.909. The van der Waals surface area contributed by atoms with Crippen molar-refractivity contribution < 1.29 is 23.5 Å². The summed E-state index contributed by atoms with van der Waals surface area (Å²) >= 11 is 0. The minimum absolute atomic E-state index is 0.00435. The van der Waals surface area contributed by atoms with Gasteiger partial charge in [-0.05, 0) is 60.9 Å². The molecule has 0 aliphatic heterocycles. The average molecular weight is 522 g/mol. The van der Waals surface area contributed by atoms with Crippen LogP contribution < -0.4 is 25.0 Å². The Hall–Kier alpha value is -4.07. The van der Waals surface area contributed by atoms with Crippen LogP contribution in [0.3, 0.4) is 0 Å². The Kier molecular flexibility index (Phi) is 11.0. The fraction of sp³-hybridized carbons (Fsp3) is 0.333. The van der Waals surface area contributed by atoms with E-state index in [2.05, 4.69) is 10.6 Å². The molecule has 0 atom stereocenters. The number of nitrogens with one attached hydrogen (secondary N) is 2. The van der Waals surface area contributed by atoms with Gasteiger partial charge < -0.3 is 25.0 Å². The fourth-order valence-electron chi connectivity index (χ4n) is 4.03. The fourth-order valence-corrected chi connectivity index (χ4v) is 4.03. The molecule has 0 unspecified atom stereocenters. The van der Waals surface area contributed by atoms with Crippen molar-refractivity contribution in [2.75, 3.05) is 30.4 Å². The van der Waals surface area contributed by atoms with E-state index in [0.29, 0.717) is 29.5 Å². The van der Waals surface area contributed by atoms with E-state index in [-0.39, 0.29) is 18.4 Å². The molecule has 0 fully saturated rings. The Labute approximate surface area is 224 Å². The topological polar surface area (TPSA) is 79.9 Å². The number of carbonyl (C=O) groups excluding carboxylic acids is 2. The van der Waals surface area contributed by atoms with E-state index in [1.165, 1.54) is 36.9 Å². The van der Waals surface area contributed by atoms with E-state index >= 15 is 0 Å². The van der Waals surface area contributed by atoms with Crippen LogP contribution in [0, 0.1) is 5.82 Å². The van der Waals surface area contributed by atoms with Gasteiger partial charge in [0.1, 0.15) is 17.3 Å². The number of carbonyl (C=O) groups is 2. The van der Waals surface area contributed by atoms with E-state index in [1.54, 1.807) is 19.2 Å². The molecular formula is C30H36FN3O4. The van der Waals surface area contributed by atoms with Gasteiger partial charge in [-0.25, -0.2) is 4.39 Å². The maximum Gasteiger partial charge on any atom is 0.224 e. The summed E-state index contributed by atoms with van der Waals surface area (Å²) in [7, 11) is 1.59. The van der Waals surface area contributed by atoms with Crippen LogP contribution >= 0.6 is 0 Å². The SMILES string of the molecule is COc1ccc(NCCCCCCNC(C)=O)c(CN(C(C)=O)c2cc(F)ccc2Oc2ccccc2)c1. The number of para-hydroxylation sites is 1. The zero-order chi connectivity index (χ0) is 27.3. The van der Waals surface area contributed by atoms with Crippen LogP contribution in [0.25, 0.3) is 0 Å². The molecule has 0 saturated carbocycles. The zero-order valence-electron chi connectivity index (χ0n) is 22.3. The number of ether oxygens (including phenoxy) is 2. The molecule has 3 aromatic carbocycles. The van der Waals surface area contributed by atoms with Crippen LogP contribution in [0.4, 0.5) is 15.8 Å². The first-order valence-electron chi connectivity index (χ1n) is 12.8. The van der Waals surface area contributed by atoms with Crippen LogP contribution in [-0.4, -0.2) is 32.0 Å². The Bertz CT molecular complexity index is 1200. The molecule has 2 amide bonds. The molecule has 38 heavy (non-hydrogen) atoms. The van der Waals surface area contributed by atoms with Crippen molar-refractivity contribution in [2.45, 2.75) is 46.1 Å². The minimum Gasteiger partial charge on any atom is -0.497 e. The summed E-state index contributed by atoms with van der Waals surface area (Å²) in [5, 5.41) is 6.28. The summed E-state index contributed by atoms with van der Waals surface area (Å²) < 4.78 is 25.8. The van der Waals surface area contributed by atoms with Gasteiger partial charge in [0.2, 0.25) is 11.8 Å². The van der Waals surface area contributed by atoms with Gasteiger partial charge in [0.25, 0.3) is 0 Å². The van der Waals surface area contributed by atoms with Crippen molar-refractivity contribution in [3.8, 4) is 17.2 Å². The summed E-state index contributed by atoms with van der Waals surface area (Å²) in [6, 6.07) is 19.0. The Morgan fingerprint density at radius 2 is 1.61 bits per heavy atom. The molecule has 0 spiro atoms. The van der Waals surface area contributed by atoms with E-state index in [0.717, 1.165) is 43.5 Å². The largest absolute Gasteiger partial charge is 0.497 e. The molecule has 0 aliphatic carbocycles. The smallest absolute Gasteiger partial charge is 0.224 e. The van der Waals surface area contributed by atoms with Gasteiger partial charge in [0, 0.05) is 38.7 Å². The van der Waals surface area contributed by atoms with Gasteiger partial charge in [0.15, 0.2) is 5.75 Å². The van der Waals surface area contributed by atoms with Crippen LogP contribution in [-0.2, 0) is 16.1 Å². The predicted octanol–water partition coefficient (Wildman–Crippen LogP) is 6.29. The van der Waals surface area contributed by atoms with E-state index in [9.17, 15) is 14.0 Å². The summed E-state index contributed by atoms with van der Waals surface area (Å²) in [5.41, 5.74) is 2.05. The third-order valence-electron chi connectivity index (χ3n) is 6.00. The van der Waals surface area contributed by atoms with Crippen molar-refractivity contribution in [1.29, 1.82) is 0 Å². The molecule has 3 rings (SSSR count). The molecule has 7 nitrogen and oxygen atoms in total. The highest BCUT2D eigenvalue weighted by atomic mass is 19.1. The highest BCUT2D eigenvalue weighted by Gasteiger charge is 2.20. The number of rotatable bonds is 14. The second-order valence-electron chi connectivity index (χ2n) is 8.98. The number of hydrogen-bond donors (Lipinski definition) is 2. The minimum atomic E-state index is -0.464. The number of unbranched alkanes of at least 4 members (excludes halogenated alkanes) is 3. The zero-order valence-corrected chi connectivity index (χ0v) is 22.3. The highest BCUT2D eigenvalue weighted by molar-refractivity contribution is 5.93. The number of methoxy groups -OCH3 is 1. The normalized spacial score (nSPS) is 10.5. The monoisotopic (exact) mass is 521 g/mol. The number of amides is 2. The molecule has 0 bridgehead atoms. The number of nitrogens with zero attached hydrogens (tertiary/aromatic N) is 1. The lowest BCUT2D eigenvalue weighted by Gasteiger charge is -2.25. The van der Waals surface area contributed by atoms with Gasteiger partial charge >= 0.3 is 0 Å². The first kappa shape index (κ1) is 28.5. The summed E-state index contributed by atoms with van der Waals surface area (Å²) in [6.45, 7) is 4.62. The maximum absolute atomic E-state index is 14.4. The molecule has 3 aromatic rings. The van der Waals surface area contributed by atoms with Crippen molar-refractivity contribution in [3.05, 3.63) is 78.1 Å². The van der Waals surface area contributed by atoms with Gasteiger partial charge in [0.05, 0.1) is 19.3 Å². The second-order valence-corrected chi connectivity index (χ2v) is 8.98. The van der Waals surface area contributed by atoms with Crippen molar-refractivity contribution in [2.24, 2.45) is 0 Å². The number of halogens is 1. The van der Waals surface area contributed by atoms with Crippen molar-refractivity contribution in [3.63, 3.8) is 0 Å². The van der Waals surface area contributed by atoms with E-state index in [4.69, 9.17) is 9.47 Å². The van der Waals surface area contributed by atoms with Crippen LogP contribution in [0.2, 0.25) is 0 Å². The Morgan fingerprint density at radius 3 is 2.29 bits per heavy atom. The third-order valence-corrected chi connectivity index (χ3v) is 6.00. The standard InChI is InChI=1S/C30H36FN3O4/c1-22(35)32-17-9-4-5-10-18-33-28-15-14-27(37-3)19-24(28)21-34(23(2)36)29-20-25(31)13-16-30(29)38-26-11-7-6-8-12-26/h6-8,11-16,19-20,33H,4-5,9-10,17-18,21H2,1-3H3,(H,32,35). The molecule has 0 heterocycles. The Morgan fingerprint density at radius 1 is 0.868 bits per heavy atom. The molecule has 202 valence electrons. The van der Waals surface area contributed by atoms with E-state index < -0.39 is 5.82 Å². The van der Waals surface area contributed by atoms with Gasteiger partial charge in [-0.2, -0.15) is 0 Å². The third kappa shape index (κ3) is 8.80. The molecule has 0 aromatic heterocycles. The molecule has 0 saturated heterocycles. The molecule has 0 aliphatic rings. The van der Waals surface area contributed by atoms with Gasteiger partial charge in [-0.1, -0.05) is 31.0 Å². The first-order valence-corrected chi connectivity index (χ1v) is 12.8. The van der Waals surface area contributed by atoms with Gasteiger partial charge in [-0.15, -0.1) is 0 Å². The Balaban J connectivity index is 1.75. The lowest BCUT2D eigenvalue weighted by atomic mass is 10.1. The number of benzene rings is 3. The highest BCUT2D eigenvalue weighted by Crippen LogP contribution is 2.35. The van der Waals surface area contributed by atoms with Crippen LogP contribution in [0.15, 0.2) is 66.7 Å². The molecular weight excluding hydrogens is 485 g/mol. The van der Waals surface area contributed by atoms with E-state index in [1.807, 2.05) is 36.4 Å². The van der Waals surface area contributed by atoms with Crippen LogP contribution in [0.1, 0.15) is 45.1 Å². The summed E-state index contributed by atoms with van der Waals surface area (Å²) in [4.78, 5) is 25.3. The van der Waals surface area contributed by atoms with Crippen molar-refractivity contribution in [1.82, 2.24) is 5.32 Å². The van der Waals surface area contributed by atoms with Crippen molar-refractivity contribution >= 4 is 23.2 Å². The van der Waals surface area contributed by atoms with Gasteiger partial charge in [-0.3, -0.25) is 9.59 Å².